The highest BCUT2D eigenvalue weighted by molar-refractivity contribution is 6.33. The predicted molar refractivity (Wildman–Crippen MR) is 104 cm³/mol. The van der Waals surface area contributed by atoms with Gasteiger partial charge >= 0.3 is 0 Å². The summed E-state index contributed by atoms with van der Waals surface area (Å²) in [4.78, 5) is 14.8. The van der Waals surface area contributed by atoms with Crippen molar-refractivity contribution >= 4 is 23.2 Å². The van der Waals surface area contributed by atoms with E-state index in [1.165, 1.54) is 28.9 Å². The number of fused-ring (bicyclic) bond motifs is 1. The van der Waals surface area contributed by atoms with Gasteiger partial charge in [-0.2, -0.15) is 5.10 Å². The topological polar surface area (TPSA) is 38.1 Å². The zero-order valence-corrected chi connectivity index (χ0v) is 16.0. The van der Waals surface area contributed by atoms with Crippen LogP contribution in [0.3, 0.4) is 0 Å². The maximum absolute atomic E-state index is 13.8. The molecule has 0 saturated heterocycles. The van der Waals surface area contributed by atoms with Gasteiger partial charge in [0.1, 0.15) is 16.8 Å². The summed E-state index contributed by atoms with van der Waals surface area (Å²) >= 11 is 6.49. The van der Waals surface area contributed by atoms with E-state index in [1.807, 2.05) is 0 Å². The smallest absolute Gasteiger partial charge is 0.263 e. The number of hydrogen-bond donors (Lipinski definition) is 0. The number of halogens is 3. The molecule has 3 aromatic rings. The van der Waals surface area contributed by atoms with Crippen molar-refractivity contribution in [1.82, 2.24) is 9.78 Å². The second-order valence-corrected chi connectivity index (χ2v) is 7.23. The van der Waals surface area contributed by atoms with Crippen LogP contribution in [0.5, 0.6) is 0 Å². The van der Waals surface area contributed by atoms with Gasteiger partial charge < -0.3 is 4.90 Å². The van der Waals surface area contributed by atoms with Gasteiger partial charge in [0.2, 0.25) is 0 Å². The van der Waals surface area contributed by atoms with E-state index in [4.69, 9.17) is 11.6 Å². The van der Waals surface area contributed by atoms with Gasteiger partial charge in [-0.15, -0.1) is 0 Å². The first-order valence-electron chi connectivity index (χ1n) is 9.01. The van der Waals surface area contributed by atoms with Crippen LogP contribution < -0.4 is 4.90 Å². The Kier molecular flexibility index (Phi) is 4.89. The minimum atomic E-state index is -0.381. The molecule has 1 aliphatic heterocycles. The fourth-order valence-electron chi connectivity index (χ4n) is 3.56. The molecule has 0 bridgehead atoms. The quantitative estimate of drug-likeness (QED) is 0.634. The van der Waals surface area contributed by atoms with E-state index in [1.54, 1.807) is 30.0 Å². The van der Waals surface area contributed by atoms with Gasteiger partial charge in [0.25, 0.3) is 5.91 Å². The molecule has 7 heteroatoms. The molecule has 0 N–H and O–H groups in total. The number of carbonyl (C=O) groups excluding carboxylic acids is 1. The molecule has 0 fully saturated rings. The summed E-state index contributed by atoms with van der Waals surface area (Å²) in [6, 6.07) is 10.5. The van der Waals surface area contributed by atoms with Crippen LogP contribution in [0.2, 0.25) is 5.15 Å². The number of nitrogens with zero attached hydrogens (tertiary/aromatic N) is 3. The first-order valence-corrected chi connectivity index (χ1v) is 9.39. The van der Waals surface area contributed by atoms with Crippen LogP contribution in [-0.4, -0.2) is 22.2 Å². The van der Waals surface area contributed by atoms with Gasteiger partial charge in [0, 0.05) is 6.54 Å². The Balaban J connectivity index is 1.67. The third-order valence-corrected chi connectivity index (χ3v) is 5.32. The molecule has 4 rings (SSSR count). The number of aryl methyl sites for hydroxylation is 2. The normalized spacial score (nSPS) is 13.5. The number of aromatic nitrogens is 2. The number of carbonyl (C=O) groups is 1. The summed E-state index contributed by atoms with van der Waals surface area (Å²) in [5.41, 5.74) is 3.14. The Bertz CT molecular complexity index is 1050. The fourth-order valence-corrected chi connectivity index (χ4v) is 3.87. The molecular formula is C21H18ClF2N3O. The van der Waals surface area contributed by atoms with E-state index in [2.05, 4.69) is 5.10 Å². The largest absolute Gasteiger partial charge is 0.308 e. The Hall–Kier alpha value is -2.73. The van der Waals surface area contributed by atoms with E-state index in [9.17, 15) is 13.6 Å². The third kappa shape index (κ3) is 3.40. The van der Waals surface area contributed by atoms with Gasteiger partial charge in [-0.05, 0) is 55.2 Å². The number of benzene rings is 2. The van der Waals surface area contributed by atoms with Crippen LogP contribution in [0.15, 0.2) is 42.5 Å². The van der Waals surface area contributed by atoms with Crippen LogP contribution in [-0.2, 0) is 13.0 Å². The van der Waals surface area contributed by atoms with Crippen molar-refractivity contribution in [1.29, 1.82) is 0 Å². The predicted octanol–water partition coefficient (Wildman–Crippen LogP) is 4.76. The van der Waals surface area contributed by atoms with Crippen molar-refractivity contribution in [3.63, 3.8) is 0 Å². The molecule has 28 heavy (non-hydrogen) atoms. The van der Waals surface area contributed by atoms with Crippen molar-refractivity contribution in [2.75, 3.05) is 11.4 Å². The van der Waals surface area contributed by atoms with Crippen molar-refractivity contribution in [3.05, 3.63) is 81.6 Å². The zero-order chi connectivity index (χ0) is 19.8. The van der Waals surface area contributed by atoms with Crippen LogP contribution in [0.25, 0.3) is 0 Å². The Labute approximate surface area is 166 Å². The average Bonchev–Trinajstić information content (AvgIpc) is 2.95. The zero-order valence-electron chi connectivity index (χ0n) is 15.3. The Morgan fingerprint density at radius 2 is 1.86 bits per heavy atom. The third-order valence-electron chi connectivity index (χ3n) is 4.94. The molecule has 0 radical (unpaired) electrons. The molecule has 0 saturated carbocycles. The summed E-state index contributed by atoms with van der Waals surface area (Å²) < 4.78 is 28.4. The SMILES string of the molecule is Cc1nn(Cc2ccc(F)cc2)c(Cl)c1C(=O)N1CCCc2ccc(F)cc21. The lowest BCUT2D eigenvalue weighted by molar-refractivity contribution is 0.0984. The lowest BCUT2D eigenvalue weighted by atomic mass is 10.0. The summed E-state index contributed by atoms with van der Waals surface area (Å²) in [6.45, 7) is 2.53. The van der Waals surface area contributed by atoms with E-state index >= 15 is 0 Å². The summed E-state index contributed by atoms with van der Waals surface area (Å²) in [7, 11) is 0. The molecule has 144 valence electrons. The van der Waals surface area contributed by atoms with Crippen LogP contribution >= 0.6 is 11.6 Å². The van der Waals surface area contributed by atoms with Gasteiger partial charge in [0.15, 0.2) is 0 Å². The Morgan fingerprint density at radius 3 is 2.61 bits per heavy atom. The number of anilines is 1. The van der Waals surface area contributed by atoms with Gasteiger partial charge in [-0.1, -0.05) is 29.8 Å². The second-order valence-electron chi connectivity index (χ2n) is 6.87. The van der Waals surface area contributed by atoms with Crippen molar-refractivity contribution in [3.8, 4) is 0 Å². The maximum Gasteiger partial charge on any atom is 0.263 e. The minimum absolute atomic E-state index is 0.218. The molecule has 2 heterocycles. The van der Waals surface area contributed by atoms with E-state index < -0.39 is 0 Å². The van der Waals surface area contributed by atoms with Crippen LogP contribution in [0, 0.1) is 18.6 Å². The molecule has 0 unspecified atom stereocenters. The van der Waals surface area contributed by atoms with Crippen molar-refractivity contribution in [2.45, 2.75) is 26.3 Å². The number of rotatable bonds is 3. The molecular weight excluding hydrogens is 384 g/mol. The average molecular weight is 402 g/mol. The van der Waals surface area contributed by atoms with Gasteiger partial charge in [0.05, 0.1) is 23.5 Å². The molecule has 1 amide bonds. The standard InChI is InChI=1S/C21H18ClF2N3O/c1-13-19(20(22)27(25-13)12-14-4-7-16(23)8-5-14)21(28)26-10-2-3-15-6-9-17(24)11-18(15)26/h4-9,11H,2-3,10,12H2,1H3. The first kappa shape index (κ1) is 18.6. The summed E-state index contributed by atoms with van der Waals surface area (Å²) in [5, 5.41) is 4.60. The van der Waals surface area contributed by atoms with E-state index in [0.717, 1.165) is 24.0 Å². The molecule has 0 spiro atoms. The lowest BCUT2D eigenvalue weighted by Crippen LogP contribution is -2.36. The van der Waals surface area contributed by atoms with Crippen LogP contribution in [0.4, 0.5) is 14.5 Å². The van der Waals surface area contributed by atoms with Crippen LogP contribution in [0.1, 0.15) is 33.6 Å². The molecule has 1 aliphatic rings. The summed E-state index contributed by atoms with van der Waals surface area (Å²) in [6.07, 6.45) is 1.60. The van der Waals surface area contributed by atoms with E-state index in [0.29, 0.717) is 30.0 Å². The lowest BCUT2D eigenvalue weighted by Gasteiger charge is -2.29. The molecule has 2 aromatic carbocycles. The highest BCUT2D eigenvalue weighted by Gasteiger charge is 2.29. The molecule has 1 aromatic heterocycles. The summed E-state index contributed by atoms with van der Waals surface area (Å²) in [5.74, 6) is -0.994. The molecule has 4 nitrogen and oxygen atoms in total. The minimum Gasteiger partial charge on any atom is -0.308 e. The molecule has 0 aliphatic carbocycles. The monoisotopic (exact) mass is 401 g/mol. The highest BCUT2D eigenvalue weighted by atomic mass is 35.5. The van der Waals surface area contributed by atoms with Gasteiger partial charge in [-0.25, -0.2) is 13.5 Å². The van der Waals surface area contributed by atoms with Gasteiger partial charge in [-0.3, -0.25) is 4.79 Å². The molecule has 0 atom stereocenters. The maximum atomic E-state index is 13.8. The number of hydrogen-bond acceptors (Lipinski definition) is 2. The second kappa shape index (κ2) is 7.36. The highest BCUT2D eigenvalue weighted by Crippen LogP contribution is 2.31. The first-order chi connectivity index (χ1) is 13.4. The van der Waals surface area contributed by atoms with Crippen molar-refractivity contribution < 1.29 is 13.6 Å². The number of amides is 1. The fraction of sp³-hybridized carbons (Fsp3) is 0.238. The Morgan fingerprint density at radius 1 is 1.14 bits per heavy atom. The van der Waals surface area contributed by atoms with Crippen molar-refractivity contribution in [2.24, 2.45) is 0 Å². The van der Waals surface area contributed by atoms with E-state index in [-0.39, 0.29) is 22.7 Å².